The Balaban J connectivity index is 1.95. The van der Waals surface area contributed by atoms with Crippen molar-refractivity contribution in [3.05, 3.63) is 59.2 Å². The van der Waals surface area contributed by atoms with Crippen molar-refractivity contribution in [1.82, 2.24) is 0 Å². The first-order valence-corrected chi connectivity index (χ1v) is 6.58. The van der Waals surface area contributed by atoms with Crippen molar-refractivity contribution in [2.45, 2.75) is 13.8 Å². The average molecular weight is 280 g/mol. The van der Waals surface area contributed by atoms with Gasteiger partial charge < -0.3 is 10.1 Å². The second kappa shape index (κ2) is 6.58. The van der Waals surface area contributed by atoms with Gasteiger partial charge in [-0.15, -0.1) is 0 Å². The van der Waals surface area contributed by atoms with Crippen LogP contribution in [0.3, 0.4) is 0 Å². The highest BCUT2D eigenvalue weighted by atomic mass is 16.5. The zero-order chi connectivity index (χ0) is 15.2. The van der Waals surface area contributed by atoms with Crippen LogP contribution in [-0.4, -0.2) is 12.5 Å². The Bertz CT molecular complexity index is 685. The number of anilines is 1. The number of hydrogen-bond donors (Lipinski definition) is 1. The van der Waals surface area contributed by atoms with Gasteiger partial charge in [0.2, 0.25) is 0 Å². The van der Waals surface area contributed by atoms with Crippen molar-refractivity contribution in [3.8, 4) is 11.8 Å². The number of rotatable bonds is 4. The number of benzene rings is 2. The number of amides is 1. The maximum absolute atomic E-state index is 11.8. The minimum Gasteiger partial charge on any atom is -0.483 e. The number of nitrogens with one attached hydrogen (secondary N) is 1. The van der Waals surface area contributed by atoms with Gasteiger partial charge in [0.1, 0.15) is 5.75 Å². The Morgan fingerprint density at radius 2 is 1.90 bits per heavy atom. The number of carbonyl (C=O) groups is 1. The minimum atomic E-state index is -0.236. The van der Waals surface area contributed by atoms with Crippen molar-refractivity contribution in [2.24, 2.45) is 0 Å². The topological polar surface area (TPSA) is 62.1 Å². The molecule has 1 N–H and O–H groups in total. The summed E-state index contributed by atoms with van der Waals surface area (Å²) in [5, 5.41) is 11.6. The molecule has 0 atom stereocenters. The fourth-order valence-corrected chi connectivity index (χ4v) is 1.80. The molecule has 2 aromatic rings. The van der Waals surface area contributed by atoms with Gasteiger partial charge in [-0.25, -0.2) is 0 Å². The molecule has 0 aromatic heterocycles. The summed E-state index contributed by atoms with van der Waals surface area (Å²) in [6.45, 7) is 3.76. The summed E-state index contributed by atoms with van der Waals surface area (Å²) < 4.78 is 5.47. The molecule has 0 radical (unpaired) electrons. The third-order valence-electron chi connectivity index (χ3n) is 3.01. The van der Waals surface area contributed by atoms with E-state index in [1.165, 1.54) is 0 Å². The highest BCUT2D eigenvalue weighted by Crippen LogP contribution is 2.19. The number of aryl methyl sites for hydroxylation is 2. The van der Waals surface area contributed by atoms with E-state index in [2.05, 4.69) is 5.32 Å². The SMILES string of the molecule is Cc1ccc(NC(=O)COc2cc(C#N)ccc2C)cc1. The molecule has 0 saturated carbocycles. The van der Waals surface area contributed by atoms with Gasteiger partial charge in [0.05, 0.1) is 11.6 Å². The minimum absolute atomic E-state index is 0.0937. The monoisotopic (exact) mass is 280 g/mol. The first kappa shape index (κ1) is 14.6. The molecule has 106 valence electrons. The third kappa shape index (κ3) is 4.08. The third-order valence-corrected chi connectivity index (χ3v) is 3.01. The van der Waals surface area contributed by atoms with E-state index < -0.39 is 0 Å². The van der Waals surface area contributed by atoms with Crippen molar-refractivity contribution in [1.29, 1.82) is 5.26 Å². The number of ether oxygens (including phenoxy) is 1. The van der Waals surface area contributed by atoms with Crippen molar-refractivity contribution in [3.63, 3.8) is 0 Å². The summed E-state index contributed by atoms with van der Waals surface area (Å²) in [5.41, 5.74) is 3.26. The summed E-state index contributed by atoms with van der Waals surface area (Å²) in [6.07, 6.45) is 0. The van der Waals surface area contributed by atoms with Gasteiger partial charge in [-0.3, -0.25) is 4.79 Å². The van der Waals surface area contributed by atoms with Gasteiger partial charge in [-0.2, -0.15) is 5.26 Å². The molecule has 0 unspecified atom stereocenters. The van der Waals surface area contributed by atoms with Crippen molar-refractivity contribution in [2.75, 3.05) is 11.9 Å². The molecule has 0 heterocycles. The van der Waals surface area contributed by atoms with E-state index in [0.717, 1.165) is 16.8 Å². The predicted octanol–water partition coefficient (Wildman–Crippen LogP) is 3.19. The lowest BCUT2D eigenvalue weighted by Gasteiger charge is -2.10. The van der Waals surface area contributed by atoms with E-state index in [9.17, 15) is 4.79 Å². The van der Waals surface area contributed by atoms with Gasteiger partial charge in [-0.1, -0.05) is 23.8 Å². The summed E-state index contributed by atoms with van der Waals surface area (Å²) in [5.74, 6) is 0.314. The number of hydrogen-bond acceptors (Lipinski definition) is 3. The van der Waals surface area contributed by atoms with Crippen LogP contribution < -0.4 is 10.1 Å². The van der Waals surface area contributed by atoms with E-state index in [4.69, 9.17) is 10.00 Å². The van der Waals surface area contributed by atoms with Crippen LogP contribution >= 0.6 is 0 Å². The van der Waals surface area contributed by atoms with Crippen LogP contribution in [0.1, 0.15) is 16.7 Å². The molecule has 0 aliphatic heterocycles. The molecule has 0 aliphatic carbocycles. The summed E-state index contributed by atoms with van der Waals surface area (Å²) in [6, 6.07) is 14.7. The molecular weight excluding hydrogens is 264 g/mol. The second-order valence-electron chi connectivity index (χ2n) is 4.79. The lowest BCUT2D eigenvalue weighted by atomic mass is 10.1. The van der Waals surface area contributed by atoms with Crippen LogP contribution in [0.4, 0.5) is 5.69 Å². The predicted molar refractivity (Wildman–Crippen MR) is 81.2 cm³/mol. The molecule has 2 aromatic carbocycles. The summed E-state index contributed by atoms with van der Waals surface area (Å²) in [7, 11) is 0. The smallest absolute Gasteiger partial charge is 0.262 e. The Morgan fingerprint density at radius 3 is 2.57 bits per heavy atom. The first-order valence-electron chi connectivity index (χ1n) is 6.58. The zero-order valence-corrected chi connectivity index (χ0v) is 12.0. The molecule has 4 heteroatoms. The van der Waals surface area contributed by atoms with E-state index in [0.29, 0.717) is 11.3 Å². The molecule has 2 rings (SSSR count). The standard InChI is InChI=1S/C17H16N2O2/c1-12-3-7-15(8-4-12)19-17(20)11-21-16-9-14(10-18)6-5-13(16)2/h3-9H,11H2,1-2H3,(H,19,20). The quantitative estimate of drug-likeness (QED) is 0.935. The molecule has 1 amide bonds. The Morgan fingerprint density at radius 1 is 1.19 bits per heavy atom. The van der Waals surface area contributed by atoms with Gasteiger partial charge in [0.25, 0.3) is 5.91 Å². The lowest BCUT2D eigenvalue weighted by Crippen LogP contribution is -2.20. The maximum Gasteiger partial charge on any atom is 0.262 e. The van der Waals surface area contributed by atoms with Crippen molar-refractivity contribution >= 4 is 11.6 Å². The van der Waals surface area contributed by atoms with E-state index >= 15 is 0 Å². The van der Waals surface area contributed by atoms with Gasteiger partial charge in [-0.05, 0) is 43.7 Å². The Kier molecular flexibility index (Phi) is 4.57. The van der Waals surface area contributed by atoms with Crippen molar-refractivity contribution < 1.29 is 9.53 Å². The number of nitrogens with zero attached hydrogens (tertiary/aromatic N) is 1. The van der Waals surface area contributed by atoms with Crippen LogP contribution in [0, 0.1) is 25.2 Å². The van der Waals surface area contributed by atoms with E-state index in [-0.39, 0.29) is 12.5 Å². The lowest BCUT2D eigenvalue weighted by molar-refractivity contribution is -0.118. The zero-order valence-electron chi connectivity index (χ0n) is 12.0. The van der Waals surface area contributed by atoms with Crippen LogP contribution in [-0.2, 0) is 4.79 Å². The van der Waals surface area contributed by atoms with Gasteiger partial charge >= 0.3 is 0 Å². The van der Waals surface area contributed by atoms with Crippen LogP contribution in [0.15, 0.2) is 42.5 Å². The van der Waals surface area contributed by atoms with E-state index in [1.54, 1.807) is 18.2 Å². The van der Waals surface area contributed by atoms with Crippen LogP contribution in [0.25, 0.3) is 0 Å². The number of carbonyl (C=O) groups excluding carboxylic acids is 1. The normalized spacial score (nSPS) is 9.76. The molecule has 0 aliphatic rings. The maximum atomic E-state index is 11.8. The van der Waals surface area contributed by atoms with Gasteiger partial charge in [0, 0.05) is 5.69 Å². The molecule has 0 fully saturated rings. The van der Waals surface area contributed by atoms with E-state index in [1.807, 2.05) is 44.2 Å². The molecule has 0 saturated heterocycles. The largest absolute Gasteiger partial charge is 0.483 e. The van der Waals surface area contributed by atoms with Crippen LogP contribution in [0.5, 0.6) is 5.75 Å². The molecule has 4 nitrogen and oxygen atoms in total. The fourth-order valence-electron chi connectivity index (χ4n) is 1.80. The molecule has 0 bridgehead atoms. The summed E-state index contributed by atoms with van der Waals surface area (Å²) >= 11 is 0. The Labute approximate surface area is 124 Å². The first-order chi connectivity index (χ1) is 10.1. The second-order valence-corrected chi connectivity index (χ2v) is 4.79. The van der Waals surface area contributed by atoms with Crippen LogP contribution in [0.2, 0.25) is 0 Å². The molecule has 21 heavy (non-hydrogen) atoms. The number of nitriles is 1. The fraction of sp³-hybridized carbons (Fsp3) is 0.176. The molecule has 0 spiro atoms. The average Bonchev–Trinajstić information content (AvgIpc) is 2.49. The highest BCUT2D eigenvalue weighted by molar-refractivity contribution is 5.91. The highest BCUT2D eigenvalue weighted by Gasteiger charge is 2.06. The molecular formula is C17H16N2O2. The Hall–Kier alpha value is -2.80. The summed E-state index contributed by atoms with van der Waals surface area (Å²) in [4.78, 5) is 11.8. The van der Waals surface area contributed by atoms with Gasteiger partial charge in [0.15, 0.2) is 6.61 Å².